The predicted molar refractivity (Wildman–Crippen MR) is 89.3 cm³/mol. The van der Waals surface area contributed by atoms with Gasteiger partial charge in [-0.3, -0.25) is 4.72 Å². The molecule has 1 N–H and O–H groups in total. The zero-order valence-electron chi connectivity index (χ0n) is 12.9. The molecule has 0 saturated carbocycles. The predicted octanol–water partition coefficient (Wildman–Crippen LogP) is 3.73. The molecule has 1 heterocycles. The molecule has 124 valence electrons. The first kappa shape index (κ1) is 16.2. The van der Waals surface area contributed by atoms with Crippen molar-refractivity contribution in [3.8, 4) is 11.1 Å². The van der Waals surface area contributed by atoms with Gasteiger partial charge in [0.15, 0.2) is 0 Å². The minimum absolute atomic E-state index is 0.0564. The molecule has 0 amide bonds. The van der Waals surface area contributed by atoms with Gasteiger partial charge in [0, 0.05) is 0 Å². The smallest absolute Gasteiger partial charge is 0.245 e. The first-order valence-electron chi connectivity index (χ1n) is 7.19. The largest absolute Gasteiger partial charge is 0.337 e. The maximum absolute atomic E-state index is 12.9. The van der Waals surface area contributed by atoms with Crippen molar-refractivity contribution >= 4 is 15.9 Å². The third-order valence-corrected chi connectivity index (χ3v) is 4.66. The lowest BCUT2D eigenvalue weighted by Crippen LogP contribution is -2.15. The van der Waals surface area contributed by atoms with E-state index in [0.29, 0.717) is 11.1 Å². The lowest BCUT2D eigenvalue weighted by molar-refractivity contribution is 0.435. The van der Waals surface area contributed by atoms with E-state index in [4.69, 9.17) is 4.52 Å². The molecule has 7 heteroatoms. The van der Waals surface area contributed by atoms with Crippen LogP contribution in [0.4, 0.5) is 10.3 Å². The van der Waals surface area contributed by atoms with Crippen LogP contribution in [0.2, 0.25) is 0 Å². The maximum atomic E-state index is 12.9. The highest BCUT2D eigenvalue weighted by Crippen LogP contribution is 2.29. The molecule has 0 spiro atoms. The minimum Gasteiger partial charge on any atom is -0.337 e. The van der Waals surface area contributed by atoms with Crippen molar-refractivity contribution in [3.63, 3.8) is 0 Å². The molecule has 1 aromatic heterocycles. The number of halogens is 1. The van der Waals surface area contributed by atoms with E-state index in [1.807, 2.05) is 31.2 Å². The Morgan fingerprint density at radius 2 is 1.75 bits per heavy atom. The van der Waals surface area contributed by atoms with Crippen molar-refractivity contribution in [2.75, 3.05) is 4.72 Å². The number of benzene rings is 2. The van der Waals surface area contributed by atoms with Gasteiger partial charge in [-0.1, -0.05) is 47.1 Å². The van der Waals surface area contributed by atoms with E-state index in [1.54, 1.807) is 0 Å². The lowest BCUT2D eigenvalue weighted by atomic mass is 10.1. The normalized spacial score (nSPS) is 11.4. The summed E-state index contributed by atoms with van der Waals surface area (Å²) < 4.78 is 44.9. The quantitative estimate of drug-likeness (QED) is 0.764. The Balaban J connectivity index is 1.82. The number of aromatic nitrogens is 1. The van der Waals surface area contributed by atoms with Crippen LogP contribution in [0.5, 0.6) is 0 Å². The number of sulfonamides is 1. The molecule has 0 saturated heterocycles. The number of nitrogens with zero attached hydrogens (tertiary/aromatic N) is 1. The van der Waals surface area contributed by atoms with Gasteiger partial charge in [-0.15, -0.1) is 0 Å². The Morgan fingerprint density at radius 3 is 2.42 bits per heavy atom. The third kappa shape index (κ3) is 3.80. The second kappa shape index (κ2) is 6.45. The number of rotatable bonds is 5. The van der Waals surface area contributed by atoms with E-state index in [2.05, 4.69) is 9.88 Å². The maximum Gasteiger partial charge on any atom is 0.245 e. The highest BCUT2D eigenvalue weighted by atomic mass is 32.2. The van der Waals surface area contributed by atoms with Gasteiger partial charge in [-0.25, -0.2) is 12.8 Å². The van der Waals surface area contributed by atoms with E-state index in [-0.39, 0.29) is 11.6 Å². The molecule has 0 bridgehead atoms. The zero-order valence-corrected chi connectivity index (χ0v) is 13.7. The topological polar surface area (TPSA) is 72.2 Å². The highest BCUT2D eigenvalue weighted by Gasteiger charge is 2.18. The average molecular weight is 346 g/mol. The van der Waals surface area contributed by atoms with E-state index < -0.39 is 15.8 Å². The first-order valence-corrected chi connectivity index (χ1v) is 8.85. The summed E-state index contributed by atoms with van der Waals surface area (Å²) in [6, 6.07) is 12.8. The standard InChI is InChI=1S/C17H15FN2O3S/c1-12-2-6-14(7-3-12)16-10-19-23-17(16)20-24(21,22)11-13-4-8-15(18)9-5-13/h2-10,20H,11H2,1H3. The molecule has 0 atom stereocenters. The fraction of sp³-hybridized carbons (Fsp3) is 0.118. The average Bonchev–Trinajstić information content (AvgIpc) is 2.97. The second-order valence-corrected chi connectivity index (χ2v) is 7.14. The summed E-state index contributed by atoms with van der Waals surface area (Å²) in [5.74, 6) is -0.650. The van der Waals surface area contributed by atoms with Crippen LogP contribution < -0.4 is 4.72 Å². The summed E-state index contributed by atoms with van der Waals surface area (Å²) in [6.45, 7) is 1.96. The van der Waals surface area contributed by atoms with Crippen molar-refractivity contribution in [2.24, 2.45) is 0 Å². The molecular formula is C17H15FN2O3S. The van der Waals surface area contributed by atoms with Gasteiger partial charge in [-0.2, -0.15) is 0 Å². The van der Waals surface area contributed by atoms with Crippen LogP contribution in [0.25, 0.3) is 11.1 Å². The Hall–Kier alpha value is -2.67. The molecule has 3 aromatic rings. The van der Waals surface area contributed by atoms with Gasteiger partial charge in [0.25, 0.3) is 0 Å². The summed E-state index contributed by atoms with van der Waals surface area (Å²) in [7, 11) is -3.72. The van der Waals surface area contributed by atoms with Crippen LogP contribution in [0, 0.1) is 12.7 Å². The summed E-state index contributed by atoms with van der Waals surface area (Å²) in [5.41, 5.74) is 2.91. The zero-order chi connectivity index (χ0) is 17.2. The molecule has 24 heavy (non-hydrogen) atoms. The van der Waals surface area contributed by atoms with Crippen LogP contribution in [0.15, 0.2) is 59.3 Å². The molecule has 0 aliphatic carbocycles. The molecule has 0 fully saturated rings. The van der Waals surface area contributed by atoms with Crippen LogP contribution >= 0.6 is 0 Å². The highest BCUT2D eigenvalue weighted by molar-refractivity contribution is 7.91. The number of anilines is 1. The summed E-state index contributed by atoms with van der Waals surface area (Å²) in [4.78, 5) is 0. The Bertz CT molecular complexity index is 933. The van der Waals surface area contributed by atoms with Gasteiger partial charge >= 0.3 is 0 Å². The fourth-order valence-corrected chi connectivity index (χ4v) is 3.36. The summed E-state index contributed by atoms with van der Waals surface area (Å²) in [6.07, 6.45) is 1.46. The van der Waals surface area contributed by atoms with Crippen LogP contribution in [0.1, 0.15) is 11.1 Å². The third-order valence-electron chi connectivity index (χ3n) is 3.45. The molecular weight excluding hydrogens is 331 g/mol. The van der Waals surface area contributed by atoms with Crippen molar-refractivity contribution in [1.82, 2.24) is 5.16 Å². The Kier molecular flexibility index (Phi) is 4.35. The number of hydrogen-bond acceptors (Lipinski definition) is 4. The van der Waals surface area contributed by atoms with Crippen molar-refractivity contribution in [2.45, 2.75) is 12.7 Å². The minimum atomic E-state index is -3.72. The molecule has 5 nitrogen and oxygen atoms in total. The number of nitrogens with one attached hydrogen (secondary N) is 1. The molecule has 0 unspecified atom stereocenters. The van der Waals surface area contributed by atoms with E-state index in [1.165, 1.54) is 30.5 Å². The van der Waals surface area contributed by atoms with Gasteiger partial charge in [0.1, 0.15) is 5.82 Å². The van der Waals surface area contributed by atoms with Crippen LogP contribution in [-0.2, 0) is 15.8 Å². The van der Waals surface area contributed by atoms with E-state index >= 15 is 0 Å². The van der Waals surface area contributed by atoms with Crippen molar-refractivity contribution in [1.29, 1.82) is 0 Å². The molecule has 3 rings (SSSR count). The molecule has 0 aliphatic heterocycles. The second-order valence-electron chi connectivity index (χ2n) is 5.42. The molecule has 0 radical (unpaired) electrons. The van der Waals surface area contributed by atoms with Gasteiger partial charge in [-0.05, 0) is 30.2 Å². The number of hydrogen-bond donors (Lipinski definition) is 1. The Labute approximate surface area is 139 Å². The fourth-order valence-electron chi connectivity index (χ4n) is 2.23. The first-order chi connectivity index (χ1) is 11.4. The Morgan fingerprint density at radius 1 is 1.08 bits per heavy atom. The van der Waals surface area contributed by atoms with Crippen molar-refractivity contribution in [3.05, 3.63) is 71.7 Å². The number of aryl methyl sites for hydroxylation is 1. The van der Waals surface area contributed by atoms with Crippen molar-refractivity contribution < 1.29 is 17.3 Å². The SMILES string of the molecule is Cc1ccc(-c2cnoc2NS(=O)(=O)Cc2ccc(F)cc2)cc1. The summed E-state index contributed by atoms with van der Waals surface area (Å²) >= 11 is 0. The molecule has 0 aliphatic rings. The van der Waals surface area contributed by atoms with Gasteiger partial charge in [0.05, 0.1) is 17.5 Å². The van der Waals surface area contributed by atoms with E-state index in [9.17, 15) is 12.8 Å². The lowest BCUT2D eigenvalue weighted by Gasteiger charge is -2.07. The summed E-state index contributed by atoms with van der Waals surface area (Å²) in [5, 5.41) is 3.67. The van der Waals surface area contributed by atoms with Gasteiger partial charge in [0.2, 0.25) is 15.9 Å². The van der Waals surface area contributed by atoms with Gasteiger partial charge < -0.3 is 4.52 Å². The van der Waals surface area contributed by atoms with Crippen LogP contribution in [0.3, 0.4) is 0 Å². The molecule has 2 aromatic carbocycles. The monoisotopic (exact) mass is 346 g/mol. The van der Waals surface area contributed by atoms with Crippen LogP contribution in [-0.4, -0.2) is 13.6 Å². The van der Waals surface area contributed by atoms with E-state index in [0.717, 1.165) is 11.1 Å².